The smallest absolute Gasteiger partial charge is 0.254 e. The maximum Gasteiger partial charge on any atom is 0.254 e. The first-order valence-electron chi connectivity index (χ1n) is 8.52. The molecule has 0 aliphatic heterocycles. The minimum absolute atomic E-state index is 0.178. The molecular formula is C21H22N4O. The van der Waals surface area contributed by atoms with Crippen LogP contribution >= 0.6 is 0 Å². The number of anilines is 1. The summed E-state index contributed by atoms with van der Waals surface area (Å²) in [4.78, 5) is 22.8. The van der Waals surface area contributed by atoms with Crippen molar-refractivity contribution in [2.45, 2.75) is 20.0 Å². The van der Waals surface area contributed by atoms with Gasteiger partial charge in [0.05, 0.1) is 5.56 Å². The molecule has 3 rings (SSSR count). The zero-order chi connectivity index (χ0) is 18.4. The first-order chi connectivity index (χ1) is 12.6. The van der Waals surface area contributed by atoms with E-state index in [1.165, 1.54) is 11.1 Å². The fraction of sp³-hybridized carbons (Fsp3) is 0.190. The molecule has 0 radical (unpaired) electrons. The summed E-state index contributed by atoms with van der Waals surface area (Å²) in [6.07, 6.45) is 3.13. The predicted octanol–water partition coefficient (Wildman–Crippen LogP) is 3.35. The van der Waals surface area contributed by atoms with Crippen LogP contribution in [-0.4, -0.2) is 22.9 Å². The number of aryl methyl sites for hydroxylation is 1. The second kappa shape index (κ2) is 8.25. The number of nitrogens with one attached hydrogen (secondary N) is 1. The lowest BCUT2D eigenvalue weighted by Crippen LogP contribution is -2.24. The maximum absolute atomic E-state index is 12.3. The zero-order valence-corrected chi connectivity index (χ0v) is 15.0. The number of nitrogens with zero attached hydrogens (tertiary/aromatic N) is 3. The Bertz CT molecular complexity index is 845. The second-order valence-corrected chi connectivity index (χ2v) is 6.28. The molecule has 2 aromatic carbocycles. The van der Waals surface area contributed by atoms with E-state index in [2.05, 4.69) is 27.4 Å². The van der Waals surface area contributed by atoms with Crippen molar-refractivity contribution in [3.8, 4) is 0 Å². The molecule has 5 nitrogen and oxygen atoms in total. The zero-order valence-electron chi connectivity index (χ0n) is 15.0. The van der Waals surface area contributed by atoms with Gasteiger partial charge in [0.2, 0.25) is 5.95 Å². The molecule has 0 aliphatic rings. The summed E-state index contributed by atoms with van der Waals surface area (Å²) >= 11 is 0. The van der Waals surface area contributed by atoms with Crippen molar-refractivity contribution in [3.63, 3.8) is 0 Å². The molecule has 5 heteroatoms. The Labute approximate surface area is 153 Å². The van der Waals surface area contributed by atoms with Crippen molar-refractivity contribution in [2.75, 3.05) is 11.9 Å². The summed E-state index contributed by atoms with van der Waals surface area (Å²) in [6, 6.07) is 18.2. The first-order valence-corrected chi connectivity index (χ1v) is 8.52. The van der Waals surface area contributed by atoms with Crippen LogP contribution in [0.1, 0.15) is 27.0 Å². The Morgan fingerprint density at radius 2 is 1.62 bits per heavy atom. The minimum atomic E-state index is -0.178. The summed E-state index contributed by atoms with van der Waals surface area (Å²) in [6.45, 7) is 3.23. The summed E-state index contributed by atoms with van der Waals surface area (Å²) < 4.78 is 0. The predicted molar refractivity (Wildman–Crippen MR) is 103 cm³/mol. The number of benzene rings is 2. The van der Waals surface area contributed by atoms with E-state index in [0.717, 1.165) is 5.56 Å². The Morgan fingerprint density at radius 3 is 2.27 bits per heavy atom. The van der Waals surface area contributed by atoms with Crippen molar-refractivity contribution >= 4 is 11.9 Å². The number of rotatable bonds is 6. The Hall–Kier alpha value is -3.21. The van der Waals surface area contributed by atoms with Crippen molar-refractivity contribution in [3.05, 3.63) is 89.2 Å². The van der Waals surface area contributed by atoms with E-state index in [-0.39, 0.29) is 5.91 Å². The molecule has 0 atom stereocenters. The highest BCUT2D eigenvalue weighted by Gasteiger charge is 2.09. The molecule has 26 heavy (non-hydrogen) atoms. The molecule has 1 heterocycles. The number of hydrogen-bond acceptors (Lipinski definition) is 4. The lowest BCUT2D eigenvalue weighted by molar-refractivity contribution is 0.0950. The number of aromatic nitrogens is 2. The summed E-state index contributed by atoms with van der Waals surface area (Å²) in [5, 5.41) is 2.89. The highest BCUT2D eigenvalue weighted by atomic mass is 16.1. The molecule has 0 spiro atoms. The fourth-order valence-electron chi connectivity index (χ4n) is 2.55. The van der Waals surface area contributed by atoms with E-state index in [1.54, 1.807) is 12.4 Å². The molecule has 0 saturated carbocycles. The van der Waals surface area contributed by atoms with Gasteiger partial charge in [-0.25, -0.2) is 9.97 Å². The molecule has 0 unspecified atom stereocenters. The average Bonchev–Trinajstić information content (AvgIpc) is 2.68. The Morgan fingerprint density at radius 1 is 0.962 bits per heavy atom. The summed E-state index contributed by atoms with van der Waals surface area (Å²) in [5.74, 6) is 0.409. The molecular weight excluding hydrogens is 324 g/mol. The SMILES string of the molecule is Cc1ccc(CNC(=O)c2cnc(N(C)Cc3ccccc3)nc2)cc1. The number of carbonyl (C=O) groups is 1. The monoisotopic (exact) mass is 346 g/mol. The van der Waals surface area contributed by atoms with Gasteiger partial charge in [-0.1, -0.05) is 60.2 Å². The Kier molecular flexibility index (Phi) is 5.59. The largest absolute Gasteiger partial charge is 0.348 e. The third-order valence-corrected chi connectivity index (χ3v) is 4.08. The van der Waals surface area contributed by atoms with Crippen LogP contribution in [0.3, 0.4) is 0 Å². The molecule has 132 valence electrons. The van der Waals surface area contributed by atoms with Gasteiger partial charge in [0.1, 0.15) is 0 Å². The molecule has 0 bridgehead atoms. The normalized spacial score (nSPS) is 10.4. The second-order valence-electron chi connectivity index (χ2n) is 6.28. The number of hydrogen-bond donors (Lipinski definition) is 1. The maximum atomic E-state index is 12.3. The summed E-state index contributed by atoms with van der Waals surface area (Å²) in [5.41, 5.74) is 3.89. The van der Waals surface area contributed by atoms with Crippen LogP contribution in [0, 0.1) is 6.92 Å². The van der Waals surface area contributed by atoms with Gasteiger partial charge in [-0.15, -0.1) is 0 Å². The van der Waals surface area contributed by atoms with Gasteiger partial charge >= 0.3 is 0 Å². The van der Waals surface area contributed by atoms with E-state index in [0.29, 0.717) is 24.6 Å². The van der Waals surface area contributed by atoms with Crippen LogP contribution in [-0.2, 0) is 13.1 Å². The van der Waals surface area contributed by atoms with E-state index in [9.17, 15) is 4.79 Å². The topological polar surface area (TPSA) is 58.1 Å². The molecule has 1 amide bonds. The van der Waals surface area contributed by atoms with Crippen LogP contribution in [0.15, 0.2) is 67.0 Å². The highest BCUT2D eigenvalue weighted by molar-refractivity contribution is 5.93. The molecule has 0 fully saturated rings. The standard InChI is InChI=1S/C21H22N4O/c1-16-8-10-17(11-9-16)12-22-20(26)19-13-23-21(24-14-19)25(2)15-18-6-4-3-5-7-18/h3-11,13-14H,12,15H2,1-2H3,(H,22,26). The van der Waals surface area contributed by atoms with Gasteiger partial charge in [-0.05, 0) is 18.1 Å². The van der Waals surface area contributed by atoms with Gasteiger partial charge in [-0.2, -0.15) is 0 Å². The summed E-state index contributed by atoms with van der Waals surface area (Å²) in [7, 11) is 1.93. The van der Waals surface area contributed by atoms with Gasteiger partial charge in [-0.3, -0.25) is 4.79 Å². The van der Waals surface area contributed by atoms with E-state index < -0.39 is 0 Å². The lowest BCUT2D eigenvalue weighted by Gasteiger charge is -2.17. The van der Waals surface area contributed by atoms with E-state index >= 15 is 0 Å². The average molecular weight is 346 g/mol. The van der Waals surface area contributed by atoms with Crippen molar-refractivity contribution in [2.24, 2.45) is 0 Å². The van der Waals surface area contributed by atoms with Gasteiger partial charge in [0.25, 0.3) is 5.91 Å². The fourth-order valence-corrected chi connectivity index (χ4v) is 2.55. The van der Waals surface area contributed by atoms with E-state index in [1.807, 2.05) is 61.3 Å². The van der Waals surface area contributed by atoms with Crippen molar-refractivity contribution < 1.29 is 4.79 Å². The molecule has 0 aliphatic carbocycles. The molecule has 0 saturated heterocycles. The third kappa shape index (κ3) is 4.66. The van der Waals surface area contributed by atoms with Crippen LogP contribution in [0.25, 0.3) is 0 Å². The quantitative estimate of drug-likeness (QED) is 0.744. The van der Waals surface area contributed by atoms with Crippen LogP contribution in [0.4, 0.5) is 5.95 Å². The minimum Gasteiger partial charge on any atom is -0.348 e. The number of carbonyl (C=O) groups excluding carboxylic acids is 1. The molecule has 3 aromatic rings. The third-order valence-electron chi connectivity index (χ3n) is 4.08. The van der Waals surface area contributed by atoms with Crippen LogP contribution < -0.4 is 10.2 Å². The molecule has 1 aromatic heterocycles. The number of amides is 1. The first kappa shape index (κ1) is 17.6. The van der Waals surface area contributed by atoms with Crippen LogP contribution in [0.2, 0.25) is 0 Å². The van der Waals surface area contributed by atoms with Crippen LogP contribution in [0.5, 0.6) is 0 Å². The highest BCUT2D eigenvalue weighted by Crippen LogP contribution is 2.10. The lowest BCUT2D eigenvalue weighted by atomic mass is 10.1. The van der Waals surface area contributed by atoms with Gasteiger partial charge < -0.3 is 10.2 Å². The van der Waals surface area contributed by atoms with Gasteiger partial charge in [0, 0.05) is 32.5 Å². The van der Waals surface area contributed by atoms with Gasteiger partial charge in [0.15, 0.2) is 0 Å². The van der Waals surface area contributed by atoms with E-state index in [4.69, 9.17) is 0 Å². The Balaban J connectivity index is 1.57. The van der Waals surface area contributed by atoms with Crippen molar-refractivity contribution in [1.29, 1.82) is 0 Å². The molecule has 1 N–H and O–H groups in total. The van der Waals surface area contributed by atoms with Crippen molar-refractivity contribution in [1.82, 2.24) is 15.3 Å².